The Bertz CT molecular complexity index is 7910. The molecule has 48 nitrogen and oxygen atoms in total. The Hall–Kier alpha value is -16.0. The highest BCUT2D eigenvalue weighted by atomic mass is 32.2. The van der Waals surface area contributed by atoms with Crippen molar-refractivity contribution in [1.82, 2.24) is 154 Å². The zero-order valence-electron chi connectivity index (χ0n) is 73.8. The topological polar surface area (TPSA) is 548 Å². The minimum Gasteiger partial charge on any atom is -0.382 e. The zero-order valence-corrected chi connectivity index (χ0v) is 76.3. The molecule has 0 bridgehead atoms. The number of aryl methyl sites for hydroxylation is 4. The standard InChI is InChI=1S/C22H23N11O2S.C21H24N10O2S.C20H19N11.C20H22N10O2S/c1-14(2)36(34,35)31-12-22(13-31,11-24-3)33-9-16(21(23)29-33)19-20-17(25-4)7-27-32(20)10-18(28-19)15-6-26-30(5)8-15;1-14(2)34(32,33)29-12-21(13-29,11-23-3)31-9-16(20(22)27-31)19-18-5-6-24-30(18)10-17(26-19)15-7-25-28(4)8-15;1-28-9-14(8-25-28)16-11-30-17(2-6-24-30)18(26-16)15-10-31(27-19(15)23)20(3-4-21)12-29(13-20)7-5-22;1-4-33(31,32)28-12-20(13-28,11-22-2)30-9-15(19(21)26-30)18-17-5-6-23-29(17)10-16(25-18)14-7-24-27(3)8-14/h6-10,14H,11-13H2,1-2,5H3,(H2,23,29);5-10,14H,11-13H2,1-2,4H3,(H2,22,27);2,6,8-11H,3,7,12-13H2,1H3,(H2,23,27);5-10H,4,11-13H2,1,3H3,(H2,21,26). The van der Waals surface area contributed by atoms with Crippen LogP contribution in [0.25, 0.3) is 132 Å². The van der Waals surface area contributed by atoms with Gasteiger partial charge in [-0.2, -0.15) is 84.6 Å². The minimum atomic E-state index is -3.46. The Morgan fingerprint density at radius 3 is 1.03 bits per heavy atom. The summed E-state index contributed by atoms with van der Waals surface area (Å²) >= 11 is 0. The Labute approximate surface area is 766 Å². The van der Waals surface area contributed by atoms with E-state index in [9.17, 15) is 30.5 Å². The maximum atomic E-state index is 12.6. The van der Waals surface area contributed by atoms with Gasteiger partial charge in [-0.05, 0) is 52.8 Å². The molecule has 16 aromatic rings. The highest BCUT2D eigenvalue weighted by molar-refractivity contribution is 7.90. The molecular formula is C83H88N42O6S3. The first-order valence-electron chi connectivity index (χ1n) is 41.6. The summed E-state index contributed by atoms with van der Waals surface area (Å²) in [4.78, 5) is 35.5. The number of fused-ring (bicyclic) bond motifs is 4. The van der Waals surface area contributed by atoms with Crippen molar-refractivity contribution in [3.63, 3.8) is 0 Å². The van der Waals surface area contributed by atoms with Crippen LogP contribution >= 0.6 is 0 Å². The molecule has 0 unspecified atom stereocenters. The zero-order chi connectivity index (χ0) is 95.0. The molecule has 20 rings (SSSR count). The van der Waals surface area contributed by atoms with Crippen LogP contribution in [0.1, 0.15) is 41.0 Å². The van der Waals surface area contributed by atoms with Gasteiger partial charge in [-0.3, -0.25) is 42.4 Å². The number of anilines is 4. The summed E-state index contributed by atoms with van der Waals surface area (Å²) in [5.74, 6) is 0.982. The van der Waals surface area contributed by atoms with Crippen LogP contribution in [0, 0.1) is 49.0 Å². The largest absolute Gasteiger partial charge is 0.382 e. The van der Waals surface area contributed by atoms with Crippen molar-refractivity contribution in [3.8, 4) is 102 Å². The van der Waals surface area contributed by atoms with Gasteiger partial charge in [-0.15, -0.1) is 0 Å². The fraction of sp³-hybridized carbons (Fsp3) is 0.349. The molecule has 0 aromatic carbocycles. The van der Waals surface area contributed by atoms with Crippen molar-refractivity contribution in [1.29, 1.82) is 10.5 Å². The Balaban J connectivity index is 0.000000125. The number of likely N-dealkylation sites (tertiary alicyclic amines) is 1. The van der Waals surface area contributed by atoms with Crippen LogP contribution in [0.15, 0.2) is 142 Å². The average molecular weight is 1870 g/mol. The van der Waals surface area contributed by atoms with Crippen LogP contribution in [0.2, 0.25) is 0 Å². The number of rotatable bonds is 23. The van der Waals surface area contributed by atoms with Crippen molar-refractivity contribution in [2.45, 2.75) is 73.7 Å². The quantitative estimate of drug-likeness (QED) is 0.0487. The van der Waals surface area contributed by atoms with Gasteiger partial charge in [0.2, 0.25) is 55.4 Å². The SMILES string of the molecule is Cn1cc(-c2cn3nccc3c(-c3cn(C4(CC#N)CN(CC#N)C4)nc3N)n2)cn1.[C-]#[N+]CC1(n2cc(-c3nc(-c4cnn(C)c4)cn4ncc([N+]#[C-])c34)c(N)n2)CN(S(=O)(=O)C(C)C)C1.[C-]#[N+]CC1(n2cc(-c3nc(-c4cnn(C)c4)cn4nccc34)c(N)n2)CN(S(=O)(=O)C(C)C)C1.[C-]#[N+]CC1(n2cc(-c3nc(-c4cnn(C)c4)cn4nccc34)c(N)n2)CN(S(=O)(=O)CC)C1. The van der Waals surface area contributed by atoms with Crippen LogP contribution in [-0.2, 0) is 80.4 Å². The molecule has 0 aliphatic carbocycles. The first kappa shape index (κ1) is 89.9. The molecule has 4 fully saturated rings. The lowest BCUT2D eigenvalue weighted by Crippen LogP contribution is -2.66. The molecule has 0 radical (unpaired) electrons. The van der Waals surface area contributed by atoms with E-state index in [1.54, 1.807) is 165 Å². The molecule has 20 heterocycles. The molecule has 4 saturated heterocycles. The van der Waals surface area contributed by atoms with Crippen molar-refractivity contribution < 1.29 is 25.3 Å². The number of sulfonamides is 3. The number of aromatic nitrogens is 28. The Morgan fingerprint density at radius 1 is 0.410 bits per heavy atom. The molecule has 8 N–H and O–H groups in total. The fourth-order valence-electron chi connectivity index (χ4n) is 16.7. The van der Waals surface area contributed by atoms with Gasteiger partial charge in [0.25, 0.3) is 0 Å². The van der Waals surface area contributed by atoms with Crippen molar-refractivity contribution in [2.24, 2.45) is 28.2 Å². The van der Waals surface area contributed by atoms with E-state index in [4.69, 9.17) is 74.4 Å². The third-order valence-corrected chi connectivity index (χ3v) is 30.2. The summed E-state index contributed by atoms with van der Waals surface area (Å²) in [6.07, 6.45) is 35.3. The van der Waals surface area contributed by atoms with E-state index in [1.807, 2.05) is 93.8 Å². The number of nitriles is 2. The maximum absolute atomic E-state index is 12.6. The number of hydrogen-bond donors (Lipinski definition) is 4. The Morgan fingerprint density at radius 2 is 0.731 bits per heavy atom. The Kier molecular flexibility index (Phi) is 23.1. The second kappa shape index (κ2) is 34.4. The molecule has 684 valence electrons. The van der Waals surface area contributed by atoms with E-state index < -0.39 is 62.7 Å². The molecule has 16 aromatic heterocycles. The molecule has 0 saturated carbocycles. The van der Waals surface area contributed by atoms with Gasteiger partial charge < -0.3 is 37.5 Å². The smallest absolute Gasteiger partial charge is 0.242 e. The summed E-state index contributed by atoms with van der Waals surface area (Å²) in [6.45, 7) is 40.6. The highest BCUT2D eigenvalue weighted by Crippen LogP contribution is 2.44. The van der Waals surface area contributed by atoms with Crippen molar-refractivity contribution in [3.05, 3.63) is 188 Å². The number of nitrogen functional groups attached to an aromatic ring is 4. The summed E-state index contributed by atoms with van der Waals surface area (Å²) in [7, 11) is -2.92. The predicted octanol–water partition coefficient (Wildman–Crippen LogP) is 4.92. The first-order valence-corrected chi connectivity index (χ1v) is 46.3. The normalized spacial score (nSPS) is 15.8. The average Bonchev–Trinajstić information content (AvgIpc) is 1.46. The highest BCUT2D eigenvalue weighted by Gasteiger charge is 2.57. The van der Waals surface area contributed by atoms with Crippen LogP contribution in [-0.4, -0.2) is 274 Å². The van der Waals surface area contributed by atoms with Crippen LogP contribution in [0.3, 0.4) is 0 Å². The molecule has 134 heavy (non-hydrogen) atoms. The van der Waals surface area contributed by atoms with Crippen LogP contribution in [0.5, 0.6) is 0 Å². The first-order chi connectivity index (χ1) is 64.0. The molecule has 4 aliphatic heterocycles. The lowest BCUT2D eigenvalue weighted by Gasteiger charge is -2.48. The van der Waals surface area contributed by atoms with Gasteiger partial charge in [-0.25, -0.2) is 87.8 Å². The fourth-order valence-corrected chi connectivity index (χ4v) is 20.8. The predicted molar refractivity (Wildman–Crippen MR) is 490 cm³/mol. The molecular weight excluding hydrogens is 1780 g/mol. The van der Waals surface area contributed by atoms with E-state index in [0.29, 0.717) is 104 Å². The molecule has 0 atom stereocenters. The van der Waals surface area contributed by atoms with Gasteiger partial charge in [0, 0.05) is 152 Å². The third kappa shape index (κ3) is 16.1. The third-order valence-electron chi connectivity index (χ3n) is 24.1. The number of hydrogen-bond acceptors (Lipinski definition) is 29. The van der Waals surface area contributed by atoms with Gasteiger partial charge in [0.15, 0.2) is 39.9 Å². The molecule has 4 aliphatic rings. The van der Waals surface area contributed by atoms with Gasteiger partial charge in [0.05, 0.1) is 195 Å². The van der Waals surface area contributed by atoms with E-state index in [0.717, 1.165) is 38.8 Å². The van der Waals surface area contributed by atoms with E-state index in [1.165, 1.54) is 19.1 Å². The molecule has 51 heteroatoms. The lowest BCUT2D eigenvalue weighted by atomic mass is 9.87. The summed E-state index contributed by atoms with van der Waals surface area (Å²) in [5, 5.41) is 69.5. The number of nitrogens with zero attached hydrogens (tertiary/aromatic N) is 38. The van der Waals surface area contributed by atoms with Gasteiger partial charge in [-0.1, -0.05) is 0 Å². The summed E-state index contributed by atoms with van der Waals surface area (Å²) in [5.41, 5.74) is 35.9. The second-order valence-electron chi connectivity index (χ2n) is 33.8. The van der Waals surface area contributed by atoms with E-state index >= 15 is 0 Å². The number of nitrogens with two attached hydrogens (primary N) is 4. The van der Waals surface area contributed by atoms with Crippen LogP contribution < -0.4 is 22.9 Å². The van der Waals surface area contributed by atoms with Crippen LogP contribution in [0.4, 0.5) is 29.0 Å². The molecule has 0 amide bonds. The van der Waals surface area contributed by atoms with Gasteiger partial charge >= 0.3 is 0 Å². The summed E-state index contributed by atoms with van der Waals surface area (Å²) in [6, 6.07) is 9.93. The van der Waals surface area contributed by atoms with E-state index in [-0.39, 0.29) is 88.5 Å². The van der Waals surface area contributed by atoms with Gasteiger partial charge in [0.1, 0.15) is 22.6 Å². The lowest BCUT2D eigenvalue weighted by molar-refractivity contribution is 0.0159. The molecule has 0 spiro atoms. The second-order valence-corrected chi connectivity index (χ2v) is 41.0. The van der Waals surface area contributed by atoms with Crippen molar-refractivity contribution in [2.75, 3.05) is 107 Å². The minimum absolute atomic E-state index is 0.0117. The summed E-state index contributed by atoms with van der Waals surface area (Å²) < 4.78 is 99.2. The monoisotopic (exact) mass is 1860 g/mol. The van der Waals surface area contributed by atoms with Crippen molar-refractivity contribution >= 4 is 81.1 Å². The van der Waals surface area contributed by atoms with E-state index in [2.05, 4.69) is 92.7 Å². The maximum Gasteiger partial charge on any atom is 0.242 e.